The molecule has 170 valence electrons. The number of rotatable bonds is 7. The Labute approximate surface area is 206 Å². The molecule has 1 amide bonds. The summed E-state index contributed by atoms with van der Waals surface area (Å²) in [7, 11) is 0. The number of allylic oxidation sites excluding steroid dienone is 2. The Kier molecular flexibility index (Phi) is 8.45. The third kappa shape index (κ3) is 5.91. The van der Waals surface area contributed by atoms with E-state index in [-0.39, 0.29) is 18.3 Å². The number of amides is 1. The first-order valence-corrected chi connectivity index (χ1v) is 11.8. The molecule has 0 unspecified atom stereocenters. The predicted molar refractivity (Wildman–Crippen MR) is 132 cm³/mol. The molecular weight excluding hydrogens is 481 g/mol. The molecule has 9 heteroatoms. The van der Waals surface area contributed by atoms with Gasteiger partial charge in [-0.2, -0.15) is 5.26 Å². The molecule has 0 bridgehead atoms. The molecule has 1 heterocycles. The van der Waals surface area contributed by atoms with Crippen molar-refractivity contribution in [2.24, 2.45) is 0 Å². The summed E-state index contributed by atoms with van der Waals surface area (Å²) in [5.74, 6) is -1.47. The van der Waals surface area contributed by atoms with E-state index < -0.39 is 11.9 Å². The van der Waals surface area contributed by atoms with E-state index in [0.29, 0.717) is 43.2 Å². The number of thioether (sulfide) groups is 1. The van der Waals surface area contributed by atoms with Crippen LogP contribution in [0.3, 0.4) is 0 Å². The Bertz CT molecular complexity index is 1170. The molecule has 2 N–H and O–H groups in total. The lowest BCUT2D eigenvalue weighted by atomic mass is 9.82. The summed E-state index contributed by atoms with van der Waals surface area (Å²) in [6.45, 7) is 3.75. The first-order chi connectivity index (χ1) is 15.8. The van der Waals surface area contributed by atoms with Gasteiger partial charge in [0.2, 0.25) is 0 Å². The number of hydrogen-bond acceptors (Lipinski definition) is 6. The lowest BCUT2D eigenvalue weighted by Crippen LogP contribution is -2.31. The molecule has 0 aromatic heterocycles. The van der Waals surface area contributed by atoms with Gasteiger partial charge < -0.3 is 15.4 Å². The van der Waals surface area contributed by atoms with E-state index in [1.807, 2.05) is 0 Å². The number of halogens is 2. The molecular formula is C24H21Cl2N3O3S. The highest BCUT2D eigenvalue weighted by Crippen LogP contribution is 2.43. The highest BCUT2D eigenvalue weighted by atomic mass is 35.5. The topological polar surface area (TPSA) is 91.2 Å². The van der Waals surface area contributed by atoms with E-state index in [0.717, 1.165) is 11.8 Å². The quantitative estimate of drug-likeness (QED) is 0.478. The van der Waals surface area contributed by atoms with Crippen LogP contribution in [0.5, 0.6) is 0 Å². The minimum absolute atomic E-state index is 0.0240. The number of ether oxygens (including phenoxy) is 1. The second-order valence-corrected chi connectivity index (χ2v) is 8.86. The van der Waals surface area contributed by atoms with Gasteiger partial charge >= 0.3 is 5.97 Å². The van der Waals surface area contributed by atoms with Crippen molar-refractivity contribution in [1.82, 2.24) is 5.32 Å². The third-order valence-corrected chi connectivity index (χ3v) is 6.44. The van der Waals surface area contributed by atoms with E-state index in [1.165, 1.54) is 0 Å². The van der Waals surface area contributed by atoms with E-state index in [1.54, 1.807) is 62.4 Å². The minimum Gasteiger partial charge on any atom is -0.465 e. The van der Waals surface area contributed by atoms with Crippen LogP contribution in [-0.4, -0.2) is 24.2 Å². The van der Waals surface area contributed by atoms with Gasteiger partial charge in [-0.15, -0.1) is 0 Å². The van der Waals surface area contributed by atoms with Crippen molar-refractivity contribution in [1.29, 1.82) is 5.26 Å². The zero-order valence-electron chi connectivity index (χ0n) is 17.9. The Morgan fingerprint density at radius 2 is 1.88 bits per heavy atom. The van der Waals surface area contributed by atoms with Crippen LogP contribution in [0.15, 0.2) is 70.4 Å². The van der Waals surface area contributed by atoms with Crippen molar-refractivity contribution in [3.63, 3.8) is 0 Å². The summed E-state index contributed by atoms with van der Waals surface area (Å²) in [6.07, 6.45) is 0. The molecule has 2 aromatic carbocycles. The zero-order chi connectivity index (χ0) is 24.0. The van der Waals surface area contributed by atoms with Crippen molar-refractivity contribution in [2.45, 2.75) is 19.8 Å². The SMILES string of the molecule is CCOC(=O)CSC1=C(C#N)[C@H](c2ccccc2Cl)C(C(=O)Nc2ccc(Cl)cc2)=C(C)N1. The van der Waals surface area contributed by atoms with Crippen LogP contribution >= 0.6 is 35.0 Å². The van der Waals surface area contributed by atoms with E-state index >= 15 is 0 Å². The number of nitrogens with zero attached hydrogens (tertiary/aromatic N) is 1. The van der Waals surface area contributed by atoms with Crippen LogP contribution in [-0.2, 0) is 14.3 Å². The average Bonchev–Trinajstić information content (AvgIpc) is 2.79. The number of benzene rings is 2. The fraction of sp³-hybridized carbons (Fsp3) is 0.208. The molecule has 1 atom stereocenters. The minimum atomic E-state index is -0.720. The molecule has 0 fully saturated rings. The van der Waals surface area contributed by atoms with Crippen LogP contribution in [0.4, 0.5) is 5.69 Å². The Hall–Kier alpha value is -2.92. The van der Waals surface area contributed by atoms with Crippen LogP contribution in [0, 0.1) is 11.3 Å². The van der Waals surface area contributed by atoms with E-state index in [9.17, 15) is 14.9 Å². The van der Waals surface area contributed by atoms with Crippen LogP contribution in [0.1, 0.15) is 25.3 Å². The molecule has 0 saturated heterocycles. The smallest absolute Gasteiger partial charge is 0.316 e. The fourth-order valence-electron chi connectivity index (χ4n) is 3.41. The predicted octanol–water partition coefficient (Wildman–Crippen LogP) is 5.62. The van der Waals surface area contributed by atoms with Crippen molar-refractivity contribution < 1.29 is 14.3 Å². The maximum absolute atomic E-state index is 13.4. The van der Waals surface area contributed by atoms with Gasteiger partial charge in [-0.3, -0.25) is 9.59 Å². The maximum atomic E-state index is 13.4. The zero-order valence-corrected chi connectivity index (χ0v) is 20.3. The Balaban J connectivity index is 2.03. The van der Waals surface area contributed by atoms with Crippen molar-refractivity contribution >= 4 is 52.5 Å². The molecule has 0 saturated carbocycles. The molecule has 1 aliphatic rings. The van der Waals surface area contributed by atoms with Crippen molar-refractivity contribution in [3.8, 4) is 6.07 Å². The van der Waals surface area contributed by atoms with Gasteiger partial charge in [-0.25, -0.2) is 0 Å². The summed E-state index contributed by atoms with van der Waals surface area (Å²) >= 11 is 13.6. The summed E-state index contributed by atoms with van der Waals surface area (Å²) in [5.41, 5.74) is 2.38. The molecule has 0 aliphatic carbocycles. The summed E-state index contributed by atoms with van der Waals surface area (Å²) in [6, 6.07) is 16.0. The van der Waals surface area contributed by atoms with Crippen LogP contribution in [0.25, 0.3) is 0 Å². The molecule has 6 nitrogen and oxygen atoms in total. The molecule has 33 heavy (non-hydrogen) atoms. The average molecular weight is 502 g/mol. The Morgan fingerprint density at radius 1 is 1.18 bits per heavy atom. The van der Waals surface area contributed by atoms with Gasteiger partial charge in [0.25, 0.3) is 5.91 Å². The normalized spacial score (nSPS) is 15.5. The van der Waals surface area contributed by atoms with Gasteiger partial charge in [-0.05, 0) is 49.7 Å². The van der Waals surface area contributed by atoms with Gasteiger partial charge in [-0.1, -0.05) is 53.2 Å². The number of carbonyl (C=O) groups excluding carboxylic acids is 2. The van der Waals surface area contributed by atoms with Crippen molar-refractivity contribution in [2.75, 3.05) is 17.7 Å². The number of nitrogens with one attached hydrogen (secondary N) is 2. The van der Waals surface area contributed by atoms with E-state index in [4.69, 9.17) is 27.9 Å². The van der Waals surface area contributed by atoms with Gasteiger partial charge in [0.15, 0.2) is 0 Å². The van der Waals surface area contributed by atoms with Gasteiger partial charge in [0.1, 0.15) is 0 Å². The standard InChI is InChI=1S/C24H21Cl2N3O3S/c1-3-32-20(30)13-33-24-18(12-27)22(17-6-4-5-7-19(17)26)21(14(2)28-24)23(31)29-16-10-8-15(25)9-11-16/h4-11,22,28H,3,13H2,1-2H3,(H,29,31)/t22-/m0/s1. The second kappa shape index (κ2) is 11.3. The molecule has 1 aliphatic heterocycles. The van der Waals surface area contributed by atoms with Crippen LogP contribution < -0.4 is 10.6 Å². The number of dihydropyridines is 1. The number of hydrogen-bond donors (Lipinski definition) is 2. The van der Waals surface area contributed by atoms with E-state index in [2.05, 4.69) is 16.7 Å². The highest BCUT2D eigenvalue weighted by molar-refractivity contribution is 8.03. The maximum Gasteiger partial charge on any atom is 0.316 e. The largest absolute Gasteiger partial charge is 0.465 e. The number of carbonyl (C=O) groups is 2. The lowest BCUT2D eigenvalue weighted by Gasteiger charge is -2.30. The number of nitriles is 1. The monoisotopic (exact) mass is 501 g/mol. The number of anilines is 1. The first kappa shape index (κ1) is 24.7. The lowest BCUT2D eigenvalue weighted by molar-refractivity contribution is -0.139. The number of esters is 1. The van der Waals surface area contributed by atoms with Crippen LogP contribution in [0.2, 0.25) is 10.0 Å². The molecule has 2 aromatic rings. The first-order valence-electron chi connectivity index (χ1n) is 10.1. The summed E-state index contributed by atoms with van der Waals surface area (Å²) in [4.78, 5) is 25.3. The molecule has 0 spiro atoms. The summed E-state index contributed by atoms with van der Waals surface area (Å²) in [5, 5.41) is 17.5. The van der Waals surface area contributed by atoms with Gasteiger partial charge in [0, 0.05) is 27.0 Å². The second-order valence-electron chi connectivity index (χ2n) is 7.03. The summed E-state index contributed by atoms with van der Waals surface area (Å²) < 4.78 is 4.99. The van der Waals surface area contributed by atoms with Gasteiger partial charge in [0.05, 0.1) is 34.9 Å². The van der Waals surface area contributed by atoms with Crippen molar-refractivity contribution in [3.05, 3.63) is 86.0 Å². The fourth-order valence-corrected chi connectivity index (χ4v) is 4.67. The molecule has 0 radical (unpaired) electrons. The highest BCUT2D eigenvalue weighted by Gasteiger charge is 2.36. The molecule has 3 rings (SSSR count). The third-order valence-electron chi connectivity index (χ3n) is 4.85. The Morgan fingerprint density at radius 3 is 2.52 bits per heavy atom.